The van der Waals surface area contributed by atoms with E-state index in [0.717, 1.165) is 6.61 Å². The van der Waals surface area contributed by atoms with Crippen LogP contribution in [0.5, 0.6) is 0 Å². The molecule has 1 heterocycles. The first-order valence-electron chi connectivity index (χ1n) is 4.74. The van der Waals surface area contributed by atoms with Gasteiger partial charge in [0.05, 0.1) is 0 Å². The third-order valence-corrected chi connectivity index (χ3v) is 6.69. The molecular formula is C9H20O2Si. The van der Waals surface area contributed by atoms with Crippen LogP contribution in [0.25, 0.3) is 0 Å². The zero-order chi connectivity index (χ0) is 9.35. The van der Waals surface area contributed by atoms with Crippen molar-refractivity contribution in [1.29, 1.82) is 0 Å². The molecule has 1 saturated heterocycles. The molecule has 0 saturated carbocycles. The average Bonchev–Trinajstić information content (AvgIpc) is 2.25. The van der Waals surface area contributed by atoms with E-state index in [9.17, 15) is 0 Å². The van der Waals surface area contributed by atoms with Gasteiger partial charge >= 0.3 is 0 Å². The quantitative estimate of drug-likeness (QED) is 0.670. The first-order chi connectivity index (χ1) is 5.49. The lowest BCUT2D eigenvalue weighted by Crippen LogP contribution is -2.35. The lowest BCUT2D eigenvalue weighted by atomic mass is 9.98. The predicted octanol–water partition coefficient (Wildman–Crippen LogP) is 1.86. The van der Waals surface area contributed by atoms with Crippen molar-refractivity contribution in [1.82, 2.24) is 0 Å². The van der Waals surface area contributed by atoms with Gasteiger partial charge in [-0.2, -0.15) is 0 Å². The second-order valence-corrected chi connectivity index (χ2v) is 8.74. The van der Waals surface area contributed by atoms with E-state index in [2.05, 4.69) is 26.9 Å². The van der Waals surface area contributed by atoms with Crippen LogP contribution >= 0.6 is 0 Å². The molecule has 0 aromatic heterocycles. The molecule has 0 aromatic rings. The molecule has 0 spiro atoms. The molecule has 1 fully saturated rings. The summed E-state index contributed by atoms with van der Waals surface area (Å²) in [6, 6.07) is 0. The van der Waals surface area contributed by atoms with Crippen molar-refractivity contribution in [3.05, 3.63) is 0 Å². The van der Waals surface area contributed by atoms with Gasteiger partial charge in [0.15, 0.2) is 8.32 Å². The minimum atomic E-state index is -1.48. The molecule has 1 rings (SSSR count). The Balaban J connectivity index is 2.71. The molecule has 0 aliphatic carbocycles. The Morgan fingerprint density at radius 2 is 2.17 bits per heavy atom. The van der Waals surface area contributed by atoms with Gasteiger partial charge in [-0.05, 0) is 30.5 Å². The normalized spacial score (nSPS) is 36.8. The van der Waals surface area contributed by atoms with E-state index in [-0.39, 0.29) is 0 Å². The summed E-state index contributed by atoms with van der Waals surface area (Å²) in [6.45, 7) is 10.1. The summed E-state index contributed by atoms with van der Waals surface area (Å²) in [4.78, 5) is 0. The Kier molecular flexibility index (Phi) is 2.96. The smallest absolute Gasteiger partial charge is 0.190 e. The van der Waals surface area contributed by atoms with Gasteiger partial charge in [-0.1, -0.05) is 13.8 Å². The topological polar surface area (TPSA) is 29.5 Å². The maximum atomic E-state index is 9.11. The maximum absolute atomic E-state index is 9.11. The number of hydrogen-bond donors (Lipinski definition) is 1. The summed E-state index contributed by atoms with van der Waals surface area (Å²) in [6.07, 6.45) is 0. The second kappa shape index (κ2) is 3.48. The van der Waals surface area contributed by atoms with Gasteiger partial charge in [-0.15, -0.1) is 0 Å². The molecule has 12 heavy (non-hydrogen) atoms. The third kappa shape index (κ3) is 1.73. The Morgan fingerprint density at radius 1 is 1.58 bits per heavy atom. The molecule has 0 bridgehead atoms. The van der Waals surface area contributed by atoms with E-state index in [4.69, 9.17) is 9.53 Å². The summed E-state index contributed by atoms with van der Waals surface area (Å²) in [7, 11) is -1.48. The van der Waals surface area contributed by atoms with Crippen LogP contribution in [0, 0.1) is 11.8 Å². The minimum Gasteiger partial charge on any atom is -0.417 e. The lowest BCUT2D eigenvalue weighted by molar-refractivity contribution is 0.216. The van der Waals surface area contributed by atoms with Crippen LogP contribution < -0.4 is 0 Å². The zero-order valence-electron chi connectivity index (χ0n) is 8.50. The van der Waals surface area contributed by atoms with E-state index in [1.54, 1.807) is 0 Å². The van der Waals surface area contributed by atoms with Crippen LogP contribution in [0.15, 0.2) is 0 Å². The van der Waals surface area contributed by atoms with Crippen LogP contribution in [-0.2, 0) is 4.43 Å². The van der Waals surface area contributed by atoms with Crippen molar-refractivity contribution in [2.24, 2.45) is 11.8 Å². The number of aliphatic hydroxyl groups excluding tert-OH is 1. The minimum absolute atomic E-state index is 0.300. The zero-order valence-corrected chi connectivity index (χ0v) is 9.50. The van der Waals surface area contributed by atoms with Gasteiger partial charge in [0.2, 0.25) is 0 Å². The molecule has 0 amide bonds. The fraction of sp³-hybridized carbons (Fsp3) is 1.00. The summed E-state index contributed by atoms with van der Waals surface area (Å²) in [5.74, 6) is 1.04. The molecule has 2 nitrogen and oxygen atoms in total. The Morgan fingerprint density at radius 3 is 2.50 bits per heavy atom. The van der Waals surface area contributed by atoms with E-state index in [1.165, 1.54) is 0 Å². The molecule has 1 N–H and O–H groups in total. The Bertz CT molecular complexity index is 159. The highest BCUT2D eigenvalue weighted by molar-refractivity contribution is 6.73. The van der Waals surface area contributed by atoms with E-state index in [0.29, 0.717) is 24.0 Å². The van der Waals surface area contributed by atoms with Crippen LogP contribution in [-0.4, -0.2) is 26.6 Å². The van der Waals surface area contributed by atoms with E-state index < -0.39 is 8.32 Å². The summed E-state index contributed by atoms with van der Waals surface area (Å²) in [5.41, 5.74) is 0.627. The first kappa shape index (κ1) is 10.2. The van der Waals surface area contributed by atoms with Crippen LogP contribution in [0.2, 0.25) is 18.6 Å². The molecule has 72 valence electrons. The summed E-state index contributed by atoms with van der Waals surface area (Å²) in [5, 5.41) is 9.11. The van der Waals surface area contributed by atoms with Crippen molar-refractivity contribution in [2.45, 2.75) is 32.5 Å². The molecule has 3 atom stereocenters. The average molecular weight is 188 g/mol. The SMILES string of the molecule is C[C@@H]1CO[Si](C)(C)[C@H]1[C@@H](C)CO. The van der Waals surface area contributed by atoms with Gasteiger partial charge < -0.3 is 9.53 Å². The standard InChI is InChI=1S/C9H20O2Si/c1-7(5-10)9-8(2)6-11-12(9,3)4/h7-10H,5-6H2,1-4H3/t7-,8+,9-/m0/s1. The van der Waals surface area contributed by atoms with Crippen LogP contribution in [0.1, 0.15) is 13.8 Å². The third-order valence-electron chi connectivity index (χ3n) is 3.04. The first-order valence-corrected chi connectivity index (χ1v) is 7.72. The largest absolute Gasteiger partial charge is 0.417 e. The molecule has 3 heteroatoms. The highest BCUT2D eigenvalue weighted by atomic mass is 28.4. The molecule has 1 aliphatic heterocycles. The van der Waals surface area contributed by atoms with Crippen molar-refractivity contribution in [3.8, 4) is 0 Å². The van der Waals surface area contributed by atoms with Gasteiger partial charge in [0.25, 0.3) is 0 Å². The number of rotatable bonds is 2. The summed E-state index contributed by atoms with van der Waals surface area (Å²) >= 11 is 0. The predicted molar refractivity (Wildman–Crippen MR) is 52.6 cm³/mol. The van der Waals surface area contributed by atoms with Crippen molar-refractivity contribution in [2.75, 3.05) is 13.2 Å². The molecular weight excluding hydrogens is 168 g/mol. The molecule has 1 aliphatic rings. The van der Waals surface area contributed by atoms with Crippen molar-refractivity contribution >= 4 is 8.32 Å². The lowest BCUT2D eigenvalue weighted by Gasteiger charge is -2.29. The van der Waals surface area contributed by atoms with Crippen LogP contribution in [0.3, 0.4) is 0 Å². The second-order valence-electron chi connectivity index (χ2n) is 4.58. The van der Waals surface area contributed by atoms with Gasteiger partial charge in [-0.25, -0.2) is 0 Å². The van der Waals surface area contributed by atoms with E-state index in [1.807, 2.05) is 0 Å². The molecule has 0 unspecified atom stereocenters. The highest BCUT2D eigenvalue weighted by Gasteiger charge is 2.45. The Labute approximate surface area is 76.1 Å². The fourth-order valence-electron chi connectivity index (χ4n) is 2.59. The summed E-state index contributed by atoms with van der Waals surface area (Å²) < 4.78 is 5.82. The maximum Gasteiger partial charge on any atom is 0.190 e. The monoisotopic (exact) mass is 188 g/mol. The molecule has 0 radical (unpaired) electrons. The van der Waals surface area contributed by atoms with Crippen molar-refractivity contribution < 1.29 is 9.53 Å². The van der Waals surface area contributed by atoms with Gasteiger partial charge in [-0.3, -0.25) is 0 Å². The van der Waals surface area contributed by atoms with Gasteiger partial charge in [0.1, 0.15) is 0 Å². The Hall–Kier alpha value is 0.137. The highest BCUT2D eigenvalue weighted by Crippen LogP contribution is 2.42. The van der Waals surface area contributed by atoms with Crippen LogP contribution in [0.4, 0.5) is 0 Å². The van der Waals surface area contributed by atoms with Gasteiger partial charge in [0, 0.05) is 13.2 Å². The fourth-order valence-corrected chi connectivity index (χ4v) is 6.42. The molecule has 0 aromatic carbocycles. The van der Waals surface area contributed by atoms with Crippen molar-refractivity contribution in [3.63, 3.8) is 0 Å². The number of aliphatic hydroxyl groups is 1. The van der Waals surface area contributed by atoms with E-state index >= 15 is 0 Å². The number of hydrogen-bond acceptors (Lipinski definition) is 2.